The van der Waals surface area contributed by atoms with Crippen molar-refractivity contribution in [3.05, 3.63) is 41.1 Å². The summed E-state index contributed by atoms with van der Waals surface area (Å²) in [5.41, 5.74) is 2.20. The highest BCUT2D eigenvalue weighted by molar-refractivity contribution is 6.01. The number of phenols is 1. The second kappa shape index (κ2) is 5.95. The first-order chi connectivity index (χ1) is 11.0. The summed E-state index contributed by atoms with van der Waals surface area (Å²) in [5, 5.41) is 12.3. The van der Waals surface area contributed by atoms with Gasteiger partial charge in [-0.25, -0.2) is 4.79 Å². The quantitative estimate of drug-likeness (QED) is 0.892. The van der Waals surface area contributed by atoms with E-state index in [-0.39, 0.29) is 17.7 Å². The van der Waals surface area contributed by atoms with Crippen LogP contribution in [0, 0.1) is 0 Å². The number of hydrogen-bond acceptors (Lipinski definition) is 3. The average Bonchev–Trinajstić information content (AvgIpc) is 2.87. The van der Waals surface area contributed by atoms with Gasteiger partial charge in [0.2, 0.25) is 0 Å². The molecule has 2 heterocycles. The van der Waals surface area contributed by atoms with E-state index in [2.05, 4.69) is 12.2 Å². The second-order valence-electron chi connectivity index (χ2n) is 5.97. The summed E-state index contributed by atoms with van der Waals surface area (Å²) in [6, 6.07) is 5.92. The molecule has 6 nitrogen and oxygen atoms in total. The molecular formula is C17H21N3O3. The van der Waals surface area contributed by atoms with Gasteiger partial charge in [-0.05, 0) is 24.1 Å². The summed E-state index contributed by atoms with van der Waals surface area (Å²) in [4.78, 5) is 28.3. The third-order valence-corrected chi connectivity index (χ3v) is 4.44. The number of benzene rings is 1. The normalized spacial score (nSPS) is 20.9. The number of unbranched alkanes of at least 4 members (excludes halogenated alkanes) is 1. The Balaban J connectivity index is 1.96. The number of likely N-dealkylation sites (N-methyl/N-ethyl adjacent to an activating group) is 1. The van der Waals surface area contributed by atoms with E-state index in [0.29, 0.717) is 18.7 Å². The summed E-state index contributed by atoms with van der Waals surface area (Å²) >= 11 is 0. The van der Waals surface area contributed by atoms with Crippen LogP contribution in [0.5, 0.6) is 5.75 Å². The van der Waals surface area contributed by atoms with Crippen LogP contribution in [-0.2, 0) is 4.79 Å². The molecule has 0 aromatic heterocycles. The Labute approximate surface area is 135 Å². The lowest BCUT2D eigenvalue weighted by Gasteiger charge is -2.31. The minimum atomic E-state index is -0.464. The summed E-state index contributed by atoms with van der Waals surface area (Å²) in [6.45, 7) is 3.27. The third-order valence-electron chi connectivity index (χ3n) is 4.44. The molecule has 2 aliphatic rings. The number of rotatable bonds is 4. The maximum Gasteiger partial charge on any atom is 0.322 e. The topological polar surface area (TPSA) is 72.9 Å². The van der Waals surface area contributed by atoms with Crippen LogP contribution in [0.3, 0.4) is 0 Å². The Morgan fingerprint density at radius 3 is 2.61 bits per heavy atom. The van der Waals surface area contributed by atoms with Crippen LogP contribution in [0.25, 0.3) is 0 Å². The van der Waals surface area contributed by atoms with Crippen molar-refractivity contribution < 1.29 is 14.7 Å². The monoisotopic (exact) mass is 315 g/mol. The van der Waals surface area contributed by atoms with Crippen LogP contribution >= 0.6 is 0 Å². The number of urea groups is 1. The zero-order valence-electron chi connectivity index (χ0n) is 13.4. The summed E-state index contributed by atoms with van der Waals surface area (Å²) < 4.78 is 0. The highest BCUT2D eigenvalue weighted by Gasteiger charge is 2.42. The van der Waals surface area contributed by atoms with Crippen LogP contribution in [0.1, 0.15) is 31.4 Å². The molecule has 0 radical (unpaired) electrons. The lowest BCUT2D eigenvalue weighted by Crippen LogP contribution is -2.45. The predicted octanol–water partition coefficient (Wildman–Crippen LogP) is 1.98. The molecule has 0 saturated carbocycles. The van der Waals surface area contributed by atoms with E-state index in [4.69, 9.17) is 0 Å². The van der Waals surface area contributed by atoms with Gasteiger partial charge in [-0.2, -0.15) is 0 Å². The Bertz CT molecular complexity index is 666. The molecule has 23 heavy (non-hydrogen) atoms. The van der Waals surface area contributed by atoms with Gasteiger partial charge >= 0.3 is 6.03 Å². The van der Waals surface area contributed by atoms with Gasteiger partial charge in [-0.15, -0.1) is 0 Å². The zero-order chi connectivity index (χ0) is 16.6. The summed E-state index contributed by atoms with van der Waals surface area (Å²) in [5.74, 6) is 0.142. The number of nitrogens with zero attached hydrogens (tertiary/aromatic N) is 2. The molecule has 0 fully saturated rings. The lowest BCUT2D eigenvalue weighted by molar-refractivity contribution is -0.125. The van der Waals surface area contributed by atoms with Crippen molar-refractivity contribution in [1.29, 1.82) is 0 Å². The Kier molecular flexibility index (Phi) is 3.98. The van der Waals surface area contributed by atoms with Crippen molar-refractivity contribution in [2.75, 3.05) is 20.1 Å². The smallest absolute Gasteiger partial charge is 0.322 e. The van der Waals surface area contributed by atoms with Gasteiger partial charge in [0.05, 0.1) is 23.9 Å². The number of phenolic OH excluding ortho intramolecular Hbond substituents is 1. The summed E-state index contributed by atoms with van der Waals surface area (Å²) in [6.07, 6.45) is 1.96. The molecule has 6 heteroatoms. The van der Waals surface area contributed by atoms with Crippen molar-refractivity contribution in [1.82, 2.24) is 15.1 Å². The first-order valence-electron chi connectivity index (χ1n) is 7.88. The van der Waals surface area contributed by atoms with Gasteiger partial charge in [0.1, 0.15) is 5.75 Å². The van der Waals surface area contributed by atoms with Gasteiger partial charge in [0.25, 0.3) is 5.91 Å². The van der Waals surface area contributed by atoms with Gasteiger partial charge in [-0.1, -0.05) is 25.5 Å². The van der Waals surface area contributed by atoms with Crippen LogP contribution < -0.4 is 5.32 Å². The van der Waals surface area contributed by atoms with Crippen LogP contribution in [0.15, 0.2) is 35.5 Å². The third kappa shape index (κ3) is 2.65. The second-order valence-corrected chi connectivity index (χ2v) is 5.97. The molecule has 2 N–H and O–H groups in total. The van der Waals surface area contributed by atoms with Crippen molar-refractivity contribution in [3.63, 3.8) is 0 Å². The van der Waals surface area contributed by atoms with Crippen molar-refractivity contribution >= 4 is 11.9 Å². The highest BCUT2D eigenvalue weighted by atomic mass is 16.3. The summed E-state index contributed by atoms with van der Waals surface area (Å²) in [7, 11) is 1.69. The SMILES string of the molecule is CCCCN1CC2=C(C1=O)[C@H](c1ccc(O)cc1)NC(=O)N2C. The molecule has 0 aliphatic carbocycles. The maximum absolute atomic E-state index is 12.8. The van der Waals surface area contributed by atoms with Gasteiger partial charge in [0.15, 0.2) is 0 Å². The lowest BCUT2D eigenvalue weighted by atomic mass is 9.95. The van der Waals surface area contributed by atoms with Crippen molar-refractivity contribution in [3.8, 4) is 5.75 Å². The molecule has 1 aromatic rings. The van der Waals surface area contributed by atoms with Crippen molar-refractivity contribution in [2.45, 2.75) is 25.8 Å². The van der Waals surface area contributed by atoms with Crippen LogP contribution in [0.4, 0.5) is 4.79 Å². The Morgan fingerprint density at radius 2 is 1.96 bits per heavy atom. The minimum absolute atomic E-state index is 0.0154. The molecule has 122 valence electrons. The standard InChI is InChI=1S/C17H21N3O3/c1-3-4-9-20-10-13-14(16(20)22)15(18-17(23)19(13)2)11-5-7-12(21)8-6-11/h5-8,15,21H,3-4,9-10H2,1-2H3,(H,18,23)/t15-/m0/s1. The fraction of sp³-hybridized carbons (Fsp3) is 0.412. The number of aromatic hydroxyl groups is 1. The fourth-order valence-corrected chi connectivity index (χ4v) is 3.07. The minimum Gasteiger partial charge on any atom is -0.508 e. The van der Waals surface area contributed by atoms with Gasteiger partial charge in [0, 0.05) is 13.6 Å². The Hall–Kier alpha value is -2.50. The predicted molar refractivity (Wildman–Crippen MR) is 85.7 cm³/mol. The van der Waals surface area contributed by atoms with E-state index < -0.39 is 6.04 Å². The largest absolute Gasteiger partial charge is 0.508 e. The van der Waals surface area contributed by atoms with Crippen molar-refractivity contribution in [2.24, 2.45) is 0 Å². The number of nitrogens with one attached hydrogen (secondary N) is 1. The number of hydrogen-bond donors (Lipinski definition) is 2. The molecule has 1 atom stereocenters. The molecule has 3 amide bonds. The van der Waals surface area contributed by atoms with E-state index >= 15 is 0 Å². The zero-order valence-corrected chi connectivity index (χ0v) is 13.4. The first kappa shape index (κ1) is 15.4. The molecule has 3 rings (SSSR count). The first-order valence-corrected chi connectivity index (χ1v) is 7.88. The maximum atomic E-state index is 12.8. The molecular weight excluding hydrogens is 294 g/mol. The number of carbonyl (C=O) groups excluding carboxylic acids is 2. The average molecular weight is 315 g/mol. The fourth-order valence-electron chi connectivity index (χ4n) is 3.07. The molecule has 0 bridgehead atoms. The molecule has 1 aromatic carbocycles. The van der Waals surface area contributed by atoms with E-state index in [1.807, 2.05) is 0 Å². The van der Waals surface area contributed by atoms with E-state index in [0.717, 1.165) is 24.1 Å². The van der Waals surface area contributed by atoms with E-state index in [9.17, 15) is 14.7 Å². The van der Waals surface area contributed by atoms with Gasteiger partial charge in [-0.3, -0.25) is 9.69 Å². The number of carbonyl (C=O) groups is 2. The van der Waals surface area contributed by atoms with Crippen LogP contribution in [0.2, 0.25) is 0 Å². The van der Waals surface area contributed by atoms with E-state index in [1.165, 1.54) is 4.90 Å². The van der Waals surface area contributed by atoms with Crippen LogP contribution in [-0.4, -0.2) is 47.0 Å². The molecule has 0 spiro atoms. The molecule has 0 unspecified atom stereocenters. The molecule has 0 saturated heterocycles. The van der Waals surface area contributed by atoms with E-state index in [1.54, 1.807) is 36.2 Å². The Morgan fingerprint density at radius 1 is 1.26 bits per heavy atom. The number of amides is 3. The van der Waals surface area contributed by atoms with Gasteiger partial charge < -0.3 is 15.3 Å². The molecule has 2 aliphatic heterocycles. The highest BCUT2D eigenvalue weighted by Crippen LogP contribution is 2.36.